The quantitative estimate of drug-likeness (QED) is 0.778. The number of sulfonamides is 1. The van der Waals surface area contributed by atoms with E-state index in [-0.39, 0.29) is 16.4 Å². The van der Waals surface area contributed by atoms with Gasteiger partial charge in [0.2, 0.25) is 10.0 Å². The van der Waals surface area contributed by atoms with Crippen LogP contribution in [0.3, 0.4) is 0 Å². The van der Waals surface area contributed by atoms with Crippen molar-refractivity contribution in [3.05, 3.63) is 59.2 Å². The molecule has 0 saturated heterocycles. The molecule has 0 heterocycles. The van der Waals surface area contributed by atoms with Gasteiger partial charge in [-0.2, -0.15) is 0 Å². The number of anilines is 1. The smallest absolute Gasteiger partial charge is 0.255 e. The first-order chi connectivity index (χ1) is 12.3. The molecule has 0 aliphatic heterocycles. The van der Waals surface area contributed by atoms with Crippen LogP contribution in [0.2, 0.25) is 0 Å². The van der Waals surface area contributed by atoms with Gasteiger partial charge < -0.3 is 10.1 Å². The van der Waals surface area contributed by atoms with E-state index in [2.05, 4.69) is 5.32 Å². The maximum Gasteiger partial charge on any atom is 0.255 e. The average molecular weight is 374 g/mol. The molecule has 0 bridgehead atoms. The molecule has 138 valence electrons. The highest BCUT2D eigenvalue weighted by atomic mass is 32.2. The number of nitrogens with one attached hydrogen (secondary N) is 1. The third kappa shape index (κ3) is 4.91. The molecule has 1 amide bonds. The van der Waals surface area contributed by atoms with Gasteiger partial charge in [0.1, 0.15) is 0 Å². The van der Waals surface area contributed by atoms with Crippen LogP contribution in [0.15, 0.2) is 47.4 Å². The standard InChI is InChI=1S/C19H22N2O4S/c1-13-5-8-17(26(20,23)24)10-18(13)19(22)21-16-4-2-3-15(9-16)12-25-11-14-6-7-14/h2-5,8-10,14H,6-7,11-12H2,1H3,(H,21,22)(H2,20,23,24). The summed E-state index contributed by atoms with van der Waals surface area (Å²) in [5.74, 6) is 0.316. The first kappa shape index (κ1) is 18.6. The highest BCUT2D eigenvalue weighted by Gasteiger charge is 2.21. The Balaban J connectivity index is 1.71. The van der Waals surface area contributed by atoms with E-state index in [1.165, 1.54) is 25.0 Å². The zero-order valence-corrected chi connectivity index (χ0v) is 15.4. The van der Waals surface area contributed by atoms with Gasteiger partial charge in [0.15, 0.2) is 0 Å². The first-order valence-corrected chi connectivity index (χ1v) is 9.99. The van der Waals surface area contributed by atoms with Gasteiger partial charge in [-0.25, -0.2) is 13.6 Å². The molecular weight excluding hydrogens is 352 g/mol. The Labute approximate surface area is 153 Å². The van der Waals surface area contributed by atoms with Crippen molar-refractivity contribution in [2.75, 3.05) is 11.9 Å². The van der Waals surface area contributed by atoms with E-state index in [4.69, 9.17) is 9.88 Å². The van der Waals surface area contributed by atoms with Gasteiger partial charge in [0.25, 0.3) is 5.91 Å². The van der Waals surface area contributed by atoms with Crippen LogP contribution < -0.4 is 10.5 Å². The first-order valence-electron chi connectivity index (χ1n) is 8.44. The average Bonchev–Trinajstić information content (AvgIpc) is 3.39. The van der Waals surface area contributed by atoms with Crippen molar-refractivity contribution in [1.82, 2.24) is 0 Å². The van der Waals surface area contributed by atoms with E-state index in [1.807, 2.05) is 18.2 Å². The normalized spacial score (nSPS) is 14.2. The number of ether oxygens (including phenoxy) is 1. The predicted molar refractivity (Wildman–Crippen MR) is 99.3 cm³/mol. The van der Waals surface area contributed by atoms with Gasteiger partial charge >= 0.3 is 0 Å². The van der Waals surface area contributed by atoms with Crippen LogP contribution in [0.5, 0.6) is 0 Å². The minimum atomic E-state index is -3.86. The topological polar surface area (TPSA) is 98.5 Å². The number of carbonyl (C=O) groups is 1. The highest BCUT2D eigenvalue weighted by molar-refractivity contribution is 7.89. The Kier molecular flexibility index (Phi) is 5.41. The summed E-state index contributed by atoms with van der Waals surface area (Å²) >= 11 is 0. The van der Waals surface area contributed by atoms with Gasteiger partial charge in [0, 0.05) is 17.9 Å². The molecule has 2 aromatic rings. The molecule has 0 radical (unpaired) electrons. The Bertz CT molecular complexity index is 921. The Morgan fingerprint density at radius 3 is 2.69 bits per heavy atom. The molecule has 0 unspecified atom stereocenters. The molecule has 0 aromatic heterocycles. The largest absolute Gasteiger partial charge is 0.376 e. The van der Waals surface area contributed by atoms with Crippen molar-refractivity contribution in [1.29, 1.82) is 0 Å². The summed E-state index contributed by atoms with van der Waals surface area (Å²) in [6, 6.07) is 11.7. The zero-order chi connectivity index (χ0) is 18.7. The van der Waals surface area contributed by atoms with Crippen LogP contribution in [0.25, 0.3) is 0 Å². The van der Waals surface area contributed by atoms with Gasteiger partial charge in [0.05, 0.1) is 11.5 Å². The summed E-state index contributed by atoms with van der Waals surface area (Å²) in [5.41, 5.74) is 2.53. The Morgan fingerprint density at radius 2 is 2.00 bits per heavy atom. The lowest BCUT2D eigenvalue weighted by atomic mass is 10.1. The van der Waals surface area contributed by atoms with Gasteiger partial charge in [-0.3, -0.25) is 4.79 Å². The molecule has 6 nitrogen and oxygen atoms in total. The van der Waals surface area contributed by atoms with E-state index in [0.717, 1.165) is 12.2 Å². The summed E-state index contributed by atoms with van der Waals surface area (Å²) in [7, 11) is -3.86. The number of benzene rings is 2. The van der Waals surface area contributed by atoms with E-state index < -0.39 is 10.0 Å². The fourth-order valence-corrected chi connectivity index (χ4v) is 3.13. The molecule has 1 saturated carbocycles. The number of rotatable bonds is 7. The summed E-state index contributed by atoms with van der Waals surface area (Å²) in [6.45, 7) is 3.01. The van der Waals surface area contributed by atoms with Crippen LogP contribution in [-0.2, 0) is 21.4 Å². The molecule has 0 atom stereocenters. The van der Waals surface area contributed by atoms with Crippen molar-refractivity contribution in [3.8, 4) is 0 Å². The lowest BCUT2D eigenvalue weighted by Gasteiger charge is -2.11. The summed E-state index contributed by atoms with van der Waals surface area (Å²) < 4.78 is 28.7. The molecule has 7 heteroatoms. The Morgan fingerprint density at radius 1 is 1.23 bits per heavy atom. The van der Waals surface area contributed by atoms with Crippen molar-refractivity contribution in [2.24, 2.45) is 11.1 Å². The number of nitrogens with two attached hydrogens (primary N) is 1. The van der Waals surface area contributed by atoms with Crippen LogP contribution in [0, 0.1) is 12.8 Å². The lowest BCUT2D eigenvalue weighted by Crippen LogP contribution is -2.17. The van der Waals surface area contributed by atoms with Crippen LogP contribution in [0.4, 0.5) is 5.69 Å². The highest BCUT2D eigenvalue weighted by Crippen LogP contribution is 2.29. The van der Waals surface area contributed by atoms with Crippen LogP contribution in [0.1, 0.15) is 34.3 Å². The maximum absolute atomic E-state index is 12.6. The van der Waals surface area contributed by atoms with Crippen LogP contribution >= 0.6 is 0 Å². The van der Waals surface area contributed by atoms with Crippen molar-refractivity contribution < 1.29 is 17.9 Å². The van der Waals surface area contributed by atoms with Gasteiger partial charge in [-0.15, -0.1) is 0 Å². The Hall–Kier alpha value is -2.22. The fourth-order valence-electron chi connectivity index (χ4n) is 2.59. The SMILES string of the molecule is Cc1ccc(S(N)(=O)=O)cc1C(=O)Nc1cccc(COCC2CC2)c1. The van der Waals surface area contributed by atoms with E-state index >= 15 is 0 Å². The third-order valence-electron chi connectivity index (χ3n) is 4.29. The number of aryl methyl sites for hydroxylation is 1. The second-order valence-electron chi connectivity index (χ2n) is 6.63. The lowest BCUT2D eigenvalue weighted by molar-refractivity contribution is 0.102. The second kappa shape index (κ2) is 7.57. The summed E-state index contributed by atoms with van der Waals surface area (Å²) in [5, 5.41) is 7.95. The predicted octanol–water partition coefficient (Wildman–Crippen LogP) is 2.82. The van der Waals surface area contributed by atoms with Gasteiger partial charge in [-0.1, -0.05) is 18.2 Å². The maximum atomic E-state index is 12.6. The molecule has 2 aromatic carbocycles. The summed E-state index contributed by atoms with van der Waals surface area (Å²) in [6.07, 6.45) is 2.49. The van der Waals surface area contributed by atoms with E-state index in [1.54, 1.807) is 19.1 Å². The fraction of sp³-hybridized carbons (Fsp3) is 0.316. The number of primary sulfonamides is 1. The number of carbonyl (C=O) groups excluding carboxylic acids is 1. The van der Waals surface area contributed by atoms with Crippen molar-refractivity contribution in [2.45, 2.75) is 31.3 Å². The molecule has 1 aliphatic rings. The van der Waals surface area contributed by atoms with Crippen molar-refractivity contribution in [3.63, 3.8) is 0 Å². The van der Waals surface area contributed by atoms with Crippen molar-refractivity contribution >= 4 is 21.6 Å². The van der Waals surface area contributed by atoms with Crippen LogP contribution in [-0.4, -0.2) is 20.9 Å². The third-order valence-corrected chi connectivity index (χ3v) is 5.20. The van der Waals surface area contributed by atoms with E-state index in [0.29, 0.717) is 23.8 Å². The number of hydrogen-bond donors (Lipinski definition) is 2. The monoisotopic (exact) mass is 374 g/mol. The molecular formula is C19H22N2O4S. The number of amides is 1. The van der Waals surface area contributed by atoms with Gasteiger partial charge in [-0.05, 0) is 61.1 Å². The minimum absolute atomic E-state index is 0.0875. The molecule has 3 rings (SSSR count). The number of hydrogen-bond acceptors (Lipinski definition) is 4. The molecule has 0 spiro atoms. The minimum Gasteiger partial charge on any atom is -0.376 e. The van der Waals surface area contributed by atoms with E-state index in [9.17, 15) is 13.2 Å². The molecule has 1 fully saturated rings. The zero-order valence-electron chi connectivity index (χ0n) is 14.6. The second-order valence-corrected chi connectivity index (χ2v) is 8.20. The summed E-state index contributed by atoms with van der Waals surface area (Å²) in [4.78, 5) is 12.5. The molecule has 1 aliphatic carbocycles. The molecule has 3 N–H and O–H groups in total. The molecule has 26 heavy (non-hydrogen) atoms.